The van der Waals surface area contributed by atoms with Crippen molar-refractivity contribution in [3.8, 4) is 0 Å². The summed E-state index contributed by atoms with van der Waals surface area (Å²) in [6, 6.07) is 16.8. The molecule has 2 rings (SSSR count). The van der Waals surface area contributed by atoms with Crippen LogP contribution < -0.4 is 4.90 Å². The van der Waals surface area contributed by atoms with Crippen molar-refractivity contribution in [3.05, 3.63) is 95.1 Å². The van der Waals surface area contributed by atoms with Gasteiger partial charge in [0.2, 0.25) is 0 Å². The fraction of sp³-hybridized carbons (Fsp3) is 0.100. The Labute approximate surface area is 141 Å². The first-order valence-corrected chi connectivity index (χ1v) is 7.99. The van der Waals surface area contributed by atoms with E-state index in [9.17, 15) is 0 Å². The van der Waals surface area contributed by atoms with Gasteiger partial charge >= 0.3 is 0 Å². The van der Waals surface area contributed by atoms with Crippen molar-refractivity contribution in [1.29, 1.82) is 0 Å². The molecule has 0 aliphatic carbocycles. The lowest BCUT2D eigenvalue weighted by Crippen LogP contribution is -2.14. The molecule has 0 atom stereocenters. The van der Waals surface area contributed by atoms with Crippen LogP contribution in [0, 0.1) is 6.92 Å². The van der Waals surface area contributed by atoms with E-state index in [0.29, 0.717) is 0 Å². The molecule has 2 aromatic rings. The molecule has 0 amide bonds. The highest BCUT2D eigenvalue weighted by molar-refractivity contribution is 9.10. The molecule has 1 nitrogen and oxygen atoms in total. The monoisotopic (exact) mass is 353 g/mol. The summed E-state index contributed by atoms with van der Waals surface area (Å²) in [4.78, 5) is 2.24. The third-order valence-electron chi connectivity index (χ3n) is 3.24. The summed E-state index contributed by atoms with van der Waals surface area (Å²) in [5, 5.41) is 0. The summed E-state index contributed by atoms with van der Waals surface area (Å²) < 4.78 is 1.08. The Morgan fingerprint density at radius 1 is 1.05 bits per heavy atom. The quantitative estimate of drug-likeness (QED) is 0.551. The molecule has 0 fully saturated rings. The van der Waals surface area contributed by atoms with Gasteiger partial charge in [-0.05, 0) is 55.8 Å². The number of allylic oxidation sites excluding steroid dienone is 5. The Hall–Kier alpha value is -2.06. The summed E-state index contributed by atoms with van der Waals surface area (Å²) in [5.74, 6) is 0. The molecular weight excluding hydrogens is 334 g/mol. The van der Waals surface area contributed by atoms with Gasteiger partial charge in [0.25, 0.3) is 0 Å². The minimum Gasteiger partial charge on any atom is -0.314 e. The lowest BCUT2D eigenvalue weighted by Gasteiger charge is -2.26. The number of benzene rings is 2. The van der Waals surface area contributed by atoms with E-state index in [0.717, 1.165) is 21.5 Å². The van der Waals surface area contributed by atoms with Crippen LogP contribution in [0.1, 0.15) is 12.5 Å². The number of aryl methyl sites for hydroxylation is 1. The number of nitrogens with zero attached hydrogens (tertiary/aromatic N) is 1. The Morgan fingerprint density at radius 3 is 2.41 bits per heavy atom. The Morgan fingerprint density at radius 2 is 1.77 bits per heavy atom. The minimum absolute atomic E-state index is 1.08. The van der Waals surface area contributed by atoms with Gasteiger partial charge in [-0.25, -0.2) is 0 Å². The lowest BCUT2D eigenvalue weighted by atomic mass is 10.1. The second-order valence-electron chi connectivity index (χ2n) is 5.09. The average Bonchev–Trinajstić information content (AvgIpc) is 2.48. The van der Waals surface area contributed by atoms with Gasteiger partial charge in [-0.15, -0.1) is 0 Å². The maximum atomic E-state index is 3.71. The highest BCUT2D eigenvalue weighted by Gasteiger charge is 2.11. The summed E-state index contributed by atoms with van der Waals surface area (Å²) >= 11 is 3.59. The molecule has 0 aliphatic heterocycles. The van der Waals surface area contributed by atoms with Crippen molar-refractivity contribution in [2.75, 3.05) is 4.90 Å². The van der Waals surface area contributed by atoms with Crippen LogP contribution >= 0.6 is 15.9 Å². The van der Waals surface area contributed by atoms with Crippen LogP contribution in [0.3, 0.4) is 0 Å². The van der Waals surface area contributed by atoms with Gasteiger partial charge in [-0.3, -0.25) is 0 Å². The number of hydrogen-bond acceptors (Lipinski definition) is 1. The van der Waals surface area contributed by atoms with Gasteiger partial charge < -0.3 is 4.90 Å². The Kier molecular flexibility index (Phi) is 5.79. The number of anilines is 2. The molecular formula is C20H20BrN. The standard InChI is InChI=1S/C20H20BrN/c1-4-5-7-10-17(3)22(19-11-8-6-9-12-19)20-14-16(2)13-18(21)15-20/h4-15H,1H2,2-3H3/b7-5-,17-10+. The van der Waals surface area contributed by atoms with E-state index in [-0.39, 0.29) is 0 Å². The molecule has 0 heterocycles. The third-order valence-corrected chi connectivity index (χ3v) is 3.69. The highest BCUT2D eigenvalue weighted by atomic mass is 79.9. The summed E-state index contributed by atoms with van der Waals surface area (Å²) in [6.07, 6.45) is 7.80. The molecule has 0 radical (unpaired) electrons. The number of rotatable bonds is 5. The summed E-state index contributed by atoms with van der Waals surface area (Å²) in [7, 11) is 0. The van der Waals surface area contributed by atoms with Gasteiger partial charge in [0.1, 0.15) is 0 Å². The first-order valence-electron chi connectivity index (χ1n) is 7.20. The second-order valence-corrected chi connectivity index (χ2v) is 6.00. The fourth-order valence-electron chi connectivity index (χ4n) is 2.33. The molecule has 0 saturated heterocycles. The Bertz CT molecular complexity index is 679. The fourth-order valence-corrected chi connectivity index (χ4v) is 2.92. The van der Waals surface area contributed by atoms with Gasteiger partial charge in [0, 0.05) is 21.5 Å². The van der Waals surface area contributed by atoms with Crippen molar-refractivity contribution in [2.45, 2.75) is 13.8 Å². The second kappa shape index (κ2) is 7.81. The molecule has 0 unspecified atom stereocenters. The van der Waals surface area contributed by atoms with Crippen LogP contribution in [0.4, 0.5) is 11.4 Å². The average molecular weight is 354 g/mol. The number of hydrogen-bond donors (Lipinski definition) is 0. The summed E-state index contributed by atoms with van der Waals surface area (Å²) in [6.45, 7) is 7.92. The van der Waals surface area contributed by atoms with Crippen LogP contribution in [0.25, 0.3) is 0 Å². The van der Waals surface area contributed by atoms with Crippen molar-refractivity contribution in [3.63, 3.8) is 0 Å². The van der Waals surface area contributed by atoms with Crippen LogP contribution in [0.2, 0.25) is 0 Å². The number of halogens is 1. The van der Waals surface area contributed by atoms with E-state index in [1.54, 1.807) is 6.08 Å². The van der Waals surface area contributed by atoms with E-state index in [4.69, 9.17) is 0 Å². The zero-order valence-corrected chi connectivity index (χ0v) is 14.5. The summed E-state index contributed by atoms with van der Waals surface area (Å²) in [5.41, 5.74) is 4.64. The minimum atomic E-state index is 1.08. The first-order chi connectivity index (χ1) is 10.6. The number of para-hydroxylation sites is 1. The van der Waals surface area contributed by atoms with Crippen LogP contribution in [0.5, 0.6) is 0 Å². The highest BCUT2D eigenvalue weighted by Crippen LogP contribution is 2.32. The normalized spacial score (nSPS) is 11.7. The SMILES string of the molecule is C=C/C=C\C=C(/C)N(c1ccccc1)c1cc(C)cc(Br)c1. The van der Waals surface area contributed by atoms with E-state index < -0.39 is 0 Å². The van der Waals surface area contributed by atoms with Crippen molar-refractivity contribution in [2.24, 2.45) is 0 Å². The van der Waals surface area contributed by atoms with Crippen LogP contribution in [-0.4, -0.2) is 0 Å². The largest absolute Gasteiger partial charge is 0.314 e. The lowest BCUT2D eigenvalue weighted by molar-refractivity contribution is 1.15. The van der Waals surface area contributed by atoms with E-state index in [2.05, 4.69) is 89.8 Å². The molecule has 0 aliphatic rings. The Balaban J connectivity index is 2.52. The van der Waals surface area contributed by atoms with E-state index >= 15 is 0 Å². The third kappa shape index (κ3) is 4.22. The first kappa shape index (κ1) is 16.3. The maximum Gasteiger partial charge on any atom is 0.0472 e. The zero-order chi connectivity index (χ0) is 15.9. The molecule has 22 heavy (non-hydrogen) atoms. The molecule has 0 spiro atoms. The molecule has 2 heteroatoms. The molecule has 112 valence electrons. The molecule has 0 saturated carbocycles. The smallest absolute Gasteiger partial charge is 0.0472 e. The van der Waals surface area contributed by atoms with Crippen molar-refractivity contribution >= 4 is 27.3 Å². The van der Waals surface area contributed by atoms with Gasteiger partial charge in [-0.1, -0.05) is 58.9 Å². The zero-order valence-electron chi connectivity index (χ0n) is 13.0. The van der Waals surface area contributed by atoms with E-state index in [1.165, 1.54) is 5.56 Å². The van der Waals surface area contributed by atoms with Crippen molar-refractivity contribution < 1.29 is 0 Å². The van der Waals surface area contributed by atoms with Gasteiger partial charge in [0.15, 0.2) is 0 Å². The van der Waals surface area contributed by atoms with Crippen molar-refractivity contribution in [1.82, 2.24) is 0 Å². The molecule has 0 aromatic heterocycles. The molecule has 2 aromatic carbocycles. The molecule has 0 bridgehead atoms. The predicted molar refractivity (Wildman–Crippen MR) is 101 cm³/mol. The maximum absolute atomic E-state index is 3.71. The van der Waals surface area contributed by atoms with E-state index in [1.807, 2.05) is 18.2 Å². The molecule has 0 N–H and O–H groups in total. The topological polar surface area (TPSA) is 3.24 Å². The van der Waals surface area contributed by atoms with Gasteiger partial charge in [-0.2, -0.15) is 0 Å². The predicted octanol–water partition coefficient (Wildman–Crippen LogP) is 6.54. The van der Waals surface area contributed by atoms with Crippen LogP contribution in [-0.2, 0) is 0 Å². The van der Waals surface area contributed by atoms with Gasteiger partial charge in [0.05, 0.1) is 0 Å². The van der Waals surface area contributed by atoms with Crippen LogP contribution in [0.15, 0.2) is 89.6 Å².